The second kappa shape index (κ2) is 14.0. The molecule has 14 heteroatoms. The number of nitrogens with zero attached hydrogens (tertiary/aromatic N) is 2. The van der Waals surface area contributed by atoms with Crippen molar-refractivity contribution in [2.24, 2.45) is 0 Å². The minimum Gasteiger partial charge on any atom is -0.352 e. The Hall–Kier alpha value is -2.99. The number of anilines is 1. The number of carbonyl (C=O) groups excluding carboxylic acids is 2. The van der Waals surface area contributed by atoms with Crippen molar-refractivity contribution in [2.45, 2.75) is 62.3 Å². The van der Waals surface area contributed by atoms with Gasteiger partial charge in [0.25, 0.3) is 10.0 Å². The molecule has 1 aliphatic carbocycles. The van der Waals surface area contributed by atoms with Crippen LogP contribution in [-0.4, -0.2) is 43.8 Å². The Morgan fingerprint density at radius 3 is 2.14 bits per heavy atom. The molecule has 44 heavy (non-hydrogen) atoms. The first-order chi connectivity index (χ1) is 20.7. The summed E-state index contributed by atoms with van der Waals surface area (Å²) < 4.78 is 69.6. The van der Waals surface area contributed by atoms with Crippen molar-refractivity contribution in [1.82, 2.24) is 10.2 Å². The second-order valence-corrected chi connectivity index (χ2v) is 13.5. The van der Waals surface area contributed by atoms with Gasteiger partial charge >= 0.3 is 6.18 Å². The number of sulfonamides is 1. The summed E-state index contributed by atoms with van der Waals surface area (Å²) in [5.41, 5.74) is -1.41. The monoisotopic (exact) mass is 689 g/mol. The zero-order chi connectivity index (χ0) is 32.2. The third kappa shape index (κ3) is 7.80. The van der Waals surface area contributed by atoms with E-state index in [-0.39, 0.29) is 27.5 Å². The SMILES string of the molecule is CC(C(=O)NC1CCCC1)N(Cc1c(Cl)cccc1Cl)C(=O)CN(c1ccc(Cl)c(C(F)(F)F)c1)S(=O)(=O)c1ccccc1. The smallest absolute Gasteiger partial charge is 0.352 e. The van der Waals surface area contributed by atoms with E-state index in [9.17, 15) is 31.2 Å². The van der Waals surface area contributed by atoms with Crippen molar-refractivity contribution in [3.8, 4) is 0 Å². The van der Waals surface area contributed by atoms with Gasteiger partial charge in [-0.05, 0) is 62.2 Å². The average molecular weight is 691 g/mol. The molecule has 2 amide bonds. The Morgan fingerprint density at radius 2 is 1.55 bits per heavy atom. The predicted molar refractivity (Wildman–Crippen MR) is 164 cm³/mol. The topological polar surface area (TPSA) is 86.8 Å². The Morgan fingerprint density at radius 1 is 0.932 bits per heavy atom. The van der Waals surface area contributed by atoms with Gasteiger partial charge in [-0.2, -0.15) is 13.2 Å². The number of benzene rings is 3. The summed E-state index contributed by atoms with van der Waals surface area (Å²) in [5.74, 6) is -1.35. The molecule has 0 bridgehead atoms. The highest BCUT2D eigenvalue weighted by atomic mass is 35.5. The van der Waals surface area contributed by atoms with Gasteiger partial charge in [-0.15, -0.1) is 0 Å². The normalized spacial score (nSPS) is 14.7. The molecule has 7 nitrogen and oxygen atoms in total. The van der Waals surface area contributed by atoms with E-state index in [2.05, 4.69) is 5.32 Å². The lowest BCUT2D eigenvalue weighted by molar-refractivity contribution is -0.139. The molecule has 1 fully saturated rings. The van der Waals surface area contributed by atoms with Crippen molar-refractivity contribution in [3.63, 3.8) is 0 Å². The minimum absolute atomic E-state index is 0.0735. The fourth-order valence-corrected chi connectivity index (χ4v) is 7.13. The van der Waals surface area contributed by atoms with Gasteiger partial charge < -0.3 is 10.2 Å². The summed E-state index contributed by atoms with van der Waals surface area (Å²) in [5, 5.41) is 2.70. The van der Waals surface area contributed by atoms with Gasteiger partial charge in [0.2, 0.25) is 11.8 Å². The Kier molecular flexibility index (Phi) is 10.8. The number of amides is 2. The maximum Gasteiger partial charge on any atom is 0.417 e. The summed E-state index contributed by atoms with van der Waals surface area (Å²) in [6.07, 6.45) is -1.44. The molecular weight excluding hydrogens is 662 g/mol. The minimum atomic E-state index is -4.90. The zero-order valence-electron chi connectivity index (χ0n) is 23.5. The molecule has 1 atom stereocenters. The van der Waals surface area contributed by atoms with E-state index in [0.29, 0.717) is 15.9 Å². The lowest BCUT2D eigenvalue weighted by Gasteiger charge is -2.33. The van der Waals surface area contributed by atoms with E-state index in [4.69, 9.17) is 34.8 Å². The summed E-state index contributed by atoms with van der Waals surface area (Å²) in [4.78, 5) is 28.3. The molecule has 4 rings (SSSR count). The van der Waals surface area contributed by atoms with Crippen LogP contribution in [0.25, 0.3) is 0 Å². The van der Waals surface area contributed by atoms with Crippen LogP contribution in [0.5, 0.6) is 0 Å². The van der Waals surface area contributed by atoms with Crippen LogP contribution in [-0.2, 0) is 32.3 Å². The molecule has 1 aliphatic rings. The largest absolute Gasteiger partial charge is 0.417 e. The summed E-state index contributed by atoms with van der Waals surface area (Å²) in [6, 6.07) is 13.0. The van der Waals surface area contributed by atoms with Crippen molar-refractivity contribution >= 4 is 62.3 Å². The number of alkyl halides is 3. The van der Waals surface area contributed by atoms with Gasteiger partial charge in [0, 0.05) is 28.2 Å². The number of nitrogens with one attached hydrogen (secondary N) is 1. The summed E-state index contributed by atoms with van der Waals surface area (Å²) >= 11 is 18.6. The van der Waals surface area contributed by atoms with E-state index in [1.54, 1.807) is 24.3 Å². The quantitative estimate of drug-likeness (QED) is 0.241. The van der Waals surface area contributed by atoms with E-state index >= 15 is 0 Å². The molecule has 1 unspecified atom stereocenters. The van der Waals surface area contributed by atoms with Crippen LogP contribution >= 0.6 is 34.8 Å². The molecule has 1 N–H and O–H groups in total. The molecule has 0 aromatic heterocycles. The van der Waals surface area contributed by atoms with Crippen LogP contribution in [0.15, 0.2) is 71.6 Å². The molecular formula is C30H29Cl3F3N3O4S. The molecule has 3 aromatic carbocycles. The molecule has 0 spiro atoms. The van der Waals surface area contributed by atoms with E-state index in [0.717, 1.165) is 42.7 Å². The number of rotatable bonds is 10. The fourth-order valence-electron chi connectivity index (χ4n) is 4.96. The van der Waals surface area contributed by atoms with Crippen LogP contribution in [0, 0.1) is 0 Å². The van der Waals surface area contributed by atoms with Crippen molar-refractivity contribution in [3.05, 3.63) is 92.9 Å². The second-order valence-electron chi connectivity index (χ2n) is 10.4. The highest BCUT2D eigenvalue weighted by molar-refractivity contribution is 7.92. The Labute approximate surface area is 268 Å². The third-order valence-corrected chi connectivity index (χ3v) is 10.2. The van der Waals surface area contributed by atoms with Gasteiger partial charge in [-0.1, -0.05) is 71.9 Å². The van der Waals surface area contributed by atoms with Crippen LogP contribution in [0.3, 0.4) is 0 Å². The van der Waals surface area contributed by atoms with Crippen molar-refractivity contribution in [1.29, 1.82) is 0 Å². The fraction of sp³-hybridized carbons (Fsp3) is 0.333. The number of halogens is 6. The molecule has 1 saturated carbocycles. The van der Waals surface area contributed by atoms with E-state index in [1.807, 2.05) is 0 Å². The molecule has 3 aromatic rings. The van der Waals surface area contributed by atoms with Crippen LogP contribution in [0.2, 0.25) is 15.1 Å². The van der Waals surface area contributed by atoms with E-state index < -0.39 is 56.9 Å². The lowest BCUT2D eigenvalue weighted by atomic mass is 10.1. The summed E-state index contributed by atoms with van der Waals surface area (Å²) in [6.45, 7) is 0.260. The molecule has 0 saturated heterocycles. The third-order valence-electron chi connectivity index (χ3n) is 7.41. The van der Waals surface area contributed by atoms with E-state index in [1.165, 1.54) is 31.2 Å². The Bertz CT molecular complexity index is 1600. The molecule has 0 radical (unpaired) electrons. The van der Waals surface area contributed by atoms with Gasteiger partial charge in [0.05, 0.1) is 21.2 Å². The molecule has 236 valence electrons. The Balaban J connectivity index is 1.77. The molecule has 0 aliphatic heterocycles. The van der Waals surface area contributed by atoms with Crippen LogP contribution in [0.1, 0.15) is 43.7 Å². The number of hydrogen-bond donors (Lipinski definition) is 1. The lowest BCUT2D eigenvalue weighted by Crippen LogP contribution is -2.52. The first-order valence-electron chi connectivity index (χ1n) is 13.7. The maximum absolute atomic E-state index is 14.1. The maximum atomic E-state index is 14.1. The van der Waals surface area contributed by atoms with Gasteiger partial charge in [0.15, 0.2) is 0 Å². The standard InChI is InChI=1S/C30H29Cl3F3N3O4S/c1-19(29(41)37-20-8-5-6-9-20)38(17-23-25(31)12-7-13-26(23)32)28(40)18-39(44(42,43)22-10-3-2-4-11-22)21-14-15-27(33)24(16-21)30(34,35)36/h2-4,7,10-16,19-20H,5-6,8-9,17-18H2,1H3,(H,37,41). The first-order valence-corrected chi connectivity index (χ1v) is 16.2. The van der Waals surface area contributed by atoms with Gasteiger partial charge in [-0.25, -0.2) is 8.42 Å². The van der Waals surface area contributed by atoms with Crippen LogP contribution < -0.4 is 9.62 Å². The van der Waals surface area contributed by atoms with Crippen molar-refractivity contribution in [2.75, 3.05) is 10.8 Å². The van der Waals surface area contributed by atoms with Gasteiger partial charge in [-0.3, -0.25) is 13.9 Å². The average Bonchev–Trinajstić information content (AvgIpc) is 3.48. The first kappa shape index (κ1) is 33.9. The highest BCUT2D eigenvalue weighted by Crippen LogP contribution is 2.38. The number of carbonyl (C=O) groups is 2. The highest BCUT2D eigenvalue weighted by Gasteiger charge is 2.37. The molecule has 0 heterocycles. The summed E-state index contributed by atoms with van der Waals surface area (Å²) in [7, 11) is -4.59. The predicted octanol–water partition coefficient (Wildman–Crippen LogP) is 7.34. The number of hydrogen-bond acceptors (Lipinski definition) is 4. The van der Waals surface area contributed by atoms with Gasteiger partial charge in [0.1, 0.15) is 12.6 Å². The van der Waals surface area contributed by atoms with Crippen LogP contribution in [0.4, 0.5) is 18.9 Å². The zero-order valence-corrected chi connectivity index (χ0v) is 26.5. The van der Waals surface area contributed by atoms with Crippen molar-refractivity contribution < 1.29 is 31.2 Å².